The second-order valence-corrected chi connectivity index (χ2v) is 9.26. The van der Waals surface area contributed by atoms with Gasteiger partial charge in [-0.3, -0.25) is 9.59 Å². The first-order valence-corrected chi connectivity index (χ1v) is 9.55. The van der Waals surface area contributed by atoms with Crippen LogP contribution in [0.15, 0.2) is 23.8 Å². The molecule has 0 aromatic heterocycles. The Balaban J connectivity index is 1.50. The van der Waals surface area contributed by atoms with E-state index in [4.69, 9.17) is 4.74 Å². The normalized spacial score (nSPS) is 52.1. The molecule has 4 fully saturated rings. The van der Waals surface area contributed by atoms with Gasteiger partial charge in [0.25, 0.3) is 0 Å². The van der Waals surface area contributed by atoms with E-state index in [2.05, 4.69) is 19.9 Å². The van der Waals surface area contributed by atoms with Crippen LogP contribution >= 0.6 is 0 Å². The Labute approximate surface area is 143 Å². The van der Waals surface area contributed by atoms with Crippen molar-refractivity contribution in [3.05, 3.63) is 23.8 Å². The molecule has 4 aliphatic carbocycles. The van der Waals surface area contributed by atoms with Gasteiger partial charge >= 0.3 is 5.97 Å². The Morgan fingerprint density at radius 3 is 2.83 bits per heavy atom. The van der Waals surface area contributed by atoms with E-state index < -0.39 is 0 Å². The third-order valence-electron chi connectivity index (χ3n) is 8.32. The van der Waals surface area contributed by atoms with Crippen molar-refractivity contribution < 1.29 is 14.3 Å². The summed E-state index contributed by atoms with van der Waals surface area (Å²) in [7, 11) is 0. The van der Waals surface area contributed by atoms with Gasteiger partial charge in [0.05, 0.1) is 6.42 Å². The SMILES string of the molecule is CC12C=CC(=O)C=C1CCC1C2CCC2(C)C1CC1CC(=O)OC12. The van der Waals surface area contributed by atoms with Crippen molar-refractivity contribution >= 4 is 11.8 Å². The molecule has 3 saturated carbocycles. The molecule has 3 nitrogen and oxygen atoms in total. The van der Waals surface area contributed by atoms with Crippen LogP contribution < -0.4 is 0 Å². The molecule has 1 aliphatic heterocycles. The summed E-state index contributed by atoms with van der Waals surface area (Å²) in [5.74, 6) is 2.62. The molecule has 0 bridgehead atoms. The Morgan fingerprint density at radius 1 is 1.17 bits per heavy atom. The molecule has 0 N–H and O–H groups in total. The lowest BCUT2D eigenvalue weighted by molar-refractivity contribution is -0.150. The van der Waals surface area contributed by atoms with Crippen LogP contribution in [0.4, 0.5) is 0 Å². The lowest BCUT2D eigenvalue weighted by Gasteiger charge is -2.56. The highest BCUT2D eigenvalue weighted by Gasteiger charge is 2.63. The fourth-order valence-corrected chi connectivity index (χ4v) is 7.16. The molecule has 7 atom stereocenters. The van der Waals surface area contributed by atoms with Crippen molar-refractivity contribution in [3.63, 3.8) is 0 Å². The minimum absolute atomic E-state index is 0.0151. The van der Waals surface area contributed by atoms with E-state index >= 15 is 0 Å². The highest BCUT2D eigenvalue weighted by Crippen LogP contribution is 2.67. The van der Waals surface area contributed by atoms with Gasteiger partial charge in [-0.05, 0) is 62.0 Å². The van der Waals surface area contributed by atoms with Crippen molar-refractivity contribution in [1.82, 2.24) is 0 Å². The van der Waals surface area contributed by atoms with Crippen LogP contribution in [0.5, 0.6) is 0 Å². The molecule has 0 amide bonds. The molecule has 0 aromatic rings. The Bertz CT molecular complexity index is 689. The number of ether oxygens (including phenoxy) is 1. The number of esters is 1. The largest absolute Gasteiger partial charge is 0.461 e. The summed E-state index contributed by atoms with van der Waals surface area (Å²) in [5, 5.41) is 0. The van der Waals surface area contributed by atoms with Crippen LogP contribution in [0.2, 0.25) is 0 Å². The smallest absolute Gasteiger partial charge is 0.306 e. The van der Waals surface area contributed by atoms with E-state index in [1.165, 1.54) is 18.4 Å². The number of ketones is 1. The van der Waals surface area contributed by atoms with Crippen molar-refractivity contribution in [2.45, 2.75) is 58.5 Å². The zero-order valence-corrected chi connectivity index (χ0v) is 14.6. The fourth-order valence-electron chi connectivity index (χ4n) is 7.16. The third kappa shape index (κ3) is 1.74. The average molecular weight is 326 g/mol. The first kappa shape index (κ1) is 14.9. The lowest BCUT2D eigenvalue weighted by Crippen LogP contribution is -2.50. The van der Waals surface area contributed by atoms with Crippen molar-refractivity contribution in [2.75, 3.05) is 0 Å². The summed E-state index contributed by atoms with van der Waals surface area (Å²) < 4.78 is 5.77. The second-order valence-electron chi connectivity index (χ2n) is 9.26. The molecule has 0 spiro atoms. The zero-order valence-electron chi connectivity index (χ0n) is 14.6. The quantitative estimate of drug-likeness (QED) is 0.635. The summed E-state index contributed by atoms with van der Waals surface area (Å²) in [4.78, 5) is 23.6. The Hall–Kier alpha value is -1.38. The lowest BCUT2D eigenvalue weighted by atomic mass is 9.48. The van der Waals surface area contributed by atoms with Gasteiger partial charge in [-0.15, -0.1) is 0 Å². The molecule has 5 aliphatic rings. The van der Waals surface area contributed by atoms with Crippen LogP contribution in [0.25, 0.3) is 0 Å². The predicted molar refractivity (Wildman–Crippen MR) is 90.0 cm³/mol. The van der Waals surface area contributed by atoms with Gasteiger partial charge in [-0.1, -0.05) is 25.5 Å². The molecule has 0 aromatic carbocycles. The molecule has 24 heavy (non-hydrogen) atoms. The van der Waals surface area contributed by atoms with E-state index in [1.807, 2.05) is 6.08 Å². The molecule has 7 unspecified atom stereocenters. The number of hydrogen-bond acceptors (Lipinski definition) is 3. The molecule has 3 heteroatoms. The van der Waals surface area contributed by atoms with Gasteiger partial charge in [-0.2, -0.15) is 0 Å². The van der Waals surface area contributed by atoms with Crippen LogP contribution in [-0.4, -0.2) is 17.9 Å². The molecular weight excluding hydrogens is 300 g/mol. The third-order valence-corrected chi connectivity index (χ3v) is 8.32. The first-order valence-electron chi connectivity index (χ1n) is 9.55. The number of carbonyl (C=O) groups is 2. The van der Waals surface area contributed by atoms with Gasteiger partial charge in [0.15, 0.2) is 5.78 Å². The first-order chi connectivity index (χ1) is 11.4. The number of fused-ring (bicyclic) bond motifs is 7. The van der Waals surface area contributed by atoms with Crippen molar-refractivity contribution in [2.24, 2.45) is 34.5 Å². The Kier molecular flexibility index (Phi) is 2.87. The highest BCUT2D eigenvalue weighted by atomic mass is 16.6. The Morgan fingerprint density at radius 2 is 2.00 bits per heavy atom. The van der Waals surface area contributed by atoms with E-state index in [0.717, 1.165) is 19.3 Å². The number of allylic oxidation sites excluding steroid dienone is 4. The molecule has 128 valence electrons. The van der Waals surface area contributed by atoms with Crippen molar-refractivity contribution in [1.29, 1.82) is 0 Å². The predicted octanol–water partition coefficient (Wildman–Crippen LogP) is 3.84. The highest BCUT2D eigenvalue weighted by molar-refractivity contribution is 6.01. The number of rotatable bonds is 0. The van der Waals surface area contributed by atoms with Crippen LogP contribution in [-0.2, 0) is 14.3 Å². The zero-order chi connectivity index (χ0) is 16.7. The maximum atomic E-state index is 11.8. The molecule has 1 saturated heterocycles. The van der Waals surface area contributed by atoms with Gasteiger partial charge in [0, 0.05) is 16.7 Å². The second kappa shape index (κ2) is 4.62. The van der Waals surface area contributed by atoms with Gasteiger partial charge in [0.1, 0.15) is 6.10 Å². The summed E-state index contributed by atoms with van der Waals surface area (Å²) in [6.07, 6.45) is 12.4. The van der Waals surface area contributed by atoms with Crippen molar-refractivity contribution in [3.8, 4) is 0 Å². The maximum absolute atomic E-state index is 11.8. The topological polar surface area (TPSA) is 43.4 Å². The van der Waals surface area contributed by atoms with E-state index in [9.17, 15) is 9.59 Å². The van der Waals surface area contributed by atoms with E-state index in [1.54, 1.807) is 6.08 Å². The fraction of sp³-hybridized carbons (Fsp3) is 0.714. The monoisotopic (exact) mass is 326 g/mol. The molecule has 0 radical (unpaired) electrons. The van der Waals surface area contributed by atoms with Crippen LogP contribution in [0.3, 0.4) is 0 Å². The molecular formula is C21H26O3. The molecule has 5 rings (SSSR count). The van der Waals surface area contributed by atoms with E-state index in [-0.39, 0.29) is 28.7 Å². The van der Waals surface area contributed by atoms with Crippen LogP contribution in [0, 0.1) is 34.5 Å². The number of hydrogen-bond donors (Lipinski definition) is 0. The summed E-state index contributed by atoms with van der Waals surface area (Å²) in [6, 6.07) is 0. The van der Waals surface area contributed by atoms with Gasteiger partial charge in [0.2, 0.25) is 0 Å². The average Bonchev–Trinajstić information content (AvgIpc) is 3.03. The van der Waals surface area contributed by atoms with E-state index in [0.29, 0.717) is 30.1 Å². The van der Waals surface area contributed by atoms with Gasteiger partial charge < -0.3 is 4.74 Å². The number of carbonyl (C=O) groups excluding carboxylic acids is 2. The van der Waals surface area contributed by atoms with Gasteiger partial charge in [-0.25, -0.2) is 0 Å². The summed E-state index contributed by atoms with van der Waals surface area (Å²) >= 11 is 0. The van der Waals surface area contributed by atoms with Crippen LogP contribution in [0.1, 0.15) is 52.4 Å². The molecule has 1 heterocycles. The minimum atomic E-state index is 0.0151. The summed E-state index contributed by atoms with van der Waals surface area (Å²) in [6.45, 7) is 4.72. The minimum Gasteiger partial charge on any atom is -0.461 e. The summed E-state index contributed by atoms with van der Waals surface area (Å²) in [5.41, 5.74) is 1.58. The maximum Gasteiger partial charge on any atom is 0.306 e. The standard InChI is InChI=1S/C21H26O3/c1-20-7-5-14(22)11-13(20)3-4-15-16(20)6-8-21(2)17(15)9-12-10-18(23)24-19(12)21/h5,7,11-12,15-17,19H,3-4,6,8-10H2,1-2H3.